The Morgan fingerprint density at radius 2 is 0.647 bits per heavy atom. The van der Waals surface area contributed by atoms with Crippen LogP contribution in [0.15, 0.2) is 4.90 Å². The zero-order valence-corrected chi connectivity index (χ0v) is 8.27. The van der Waals surface area contributed by atoms with Gasteiger partial charge in [-0.05, 0) is 0 Å². The summed E-state index contributed by atoms with van der Waals surface area (Å²) in [7, 11) is 0. The third-order valence-corrected chi connectivity index (χ3v) is 1.58. The van der Waals surface area contributed by atoms with Crippen LogP contribution in [-0.4, -0.2) is 0 Å². The minimum absolute atomic E-state index is 0. The van der Waals surface area contributed by atoms with Crippen molar-refractivity contribution in [2.24, 2.45) is 0 Å². The predicted molar refractivity (Wildman–Crippen MR) is 46.0 cm³/mol. The first kappa shape index (κ1) is 29.7. The van der Waals surface area contributed by atoms with E-state index in [1.165, 1.54) is 0 Å². The normalized spacial score (nSPS) is 7.41. The molecule has 1 rings (SSSR count). The molecule has 0 N–H and O–H groups in total. The molecule has 0 saturated heterocycles. The first-order valence-electron chi connectivity index (χ1n) is 2.67. The Hall–Kier alpha value is -1.13. The predicted octanol–water partition coefficient (Wildman–Crippen LogP) is 3.43. The van der Waals surface area contributed by atoms with Crippen LogP contribution in [-0.2, 0) is 0 Å². The fourth-order valence-corrected chi connectivity index (χ4v) is 0.790. The number of hydrogen-bond donors (Lipinski definition) is 1. The van der Waals surface area contributed by atoms with E-state index < -0.39 is 34.0 Å². The lowest BCUT2D eigenvalue weighted by atomic mass is 10.3. The van der Waals surface area contributed by atoms with E-state index in [4.69, 9.17) is 0 Å². The van der Waals surface area contributed by atoms with Gasteiger partial charge in [-0.2, -0.15) is 0 Å². The van der Waals surface area contributed by atoms with Crippen molar-refractivity contribution in [1.82, 2.24) is 0 Å². The van der Waals surface area contributed by atoms with Crippen LogP contribution in [0, 0.1) is 29.1 Å². The van der Waals surface area contributed by atoms with Crippen molar-refractivity contribution in [2.75, 3.05) is 0 Å². The lowest BCUT2D eigenvalue weighted by Gasteiger charge is -2.01. The number of hydrogen-bond acceptors (Lipinski definition) is 1. The van der Waals surface area contributed by atoms with Gasteiger partial charge in [0, 0.05) is 0 Å². The van der Waals surface area contributed by atoms with Crippen LogP contribution in [0.3, 0.4) is 0 Å². The Balaban J connectivity index is -0.0000000960. The number of rotatable bonds is 0. The molecule has 106 valence electrons. The highest BCUT2D eigenvalue weighted by Gasteiger charge is 2.23. The van der Waals surface area contributed by atoms with E-state index in [0.29, 0.717) is 0 Å². The molecule has 17 heavy (non-hydrogen) atoms. The molecule has 1 aromatic carbocycles. The highest BCUT2D eigenvalue weighted by Crippen LogP contribution is 2.24. The molecule has 0 fully saturated rings. The van der Waals surface area contributed by atoms with Crippen molar-refractivity contribution in [3.63, 3.8) is 0 Å². The SMILES string of the molecule is F.F.F.F.F.Fc1c(F)c(F)c(S)c(F)c1F. The Morgan fingerprint density at radius 1 is 0.471 bits per heavy atom. The maximum atomic E-state index is 12.3. The van der Waals surface area contributed by atoms with E-state index in [9.17, 15) is 22.0 Å². The summed E-state index contributed by atoms with van der Waals surface area (Å²) in [4.78, 5) is -1.17. The van der Waals surface area contributed by atoms with Gasteiger partial charge in [-0.1, -0.05) is 0 Å². The average Bonchev–Trinajstić information content (AvgIpc) is 2.08. The van der Waals surface area contributed by atoms with Crippen molar-refractivity contribution in [3.8, 4) is 0 Å². The highest BCUT2D eigenvalue weighted by molar-refractivity contribution is 7.80. The zero-order valence-electron chi connectivity index (χ0n) is 7.38. The molecule has 0 atom stereocenters. The van der Waals surface area contributed by atoms with Gasteiger partial charge in [-0.15, -0.1) is 12.6 Å². The van der Waals surface area contributed by atoms with Gasteiger partial charge in [0.15, 0.2) is 23.3 Å². The summed E-state index contributed by atoms with van der Waals surface area (Å²) in [6.45, 7) is 0. The minimum atomic E-state index is -2.18. The number of thiol groups is 1. The van der Waals surface area contributed by atoms with Crippen LogP contribution in [0.5, 0.6) is 0 Å². The Morgan fingerprint density at radius 3 is 0.882 bits per heavy atom. The second-order valence-corrected chi connectivity index (χ2v) is 2.37. The third-order valence-electron chi connectivity index (χ3n) is 1.19. The maximum Gasteiger partial charge on any atom is 0.200 e. The molecular weight excluding hydrogens is 294 g/mol. The quantitative estimate of drug-likeness (QED) is 0.323. The summed E-state index contributed by atoms with van der Waals surface area (Å²) in [5, 5.41) is 0. The first-order valence-corrected chi connectivity index (χ1v) is 3.12. The van der Waals surface area contributed by atoms with Crippen LogP contribution >= 0.6 is 12.6 Å². The summed E-state index contributed by atoms with van der Waals surface area (Å²) < 4.78 is 61.3. The molecule has 0 aliphatic heterocycles. The van der Waals surface area contributed by atoms with Gasteiger partial charge in [-0.3, -0.25) is 23.5 Å². The van der Waals surface area contributed by atoms with E-state index in [-0.39, 0.29) is 23.5 Å². The molecule has 0 heterocycles. The second-order valence-electron chi connectivity index (χ2n) is 1.92. The second kappa shape index (κ2) is 10.1. The molecular formula is C6H6F10S. The fraction of sp³-hybridized carbons (Fsp3) is 0. The van der Waals surface area contributed by atoms with Crippen molar-refractivity contribution < 1.29 is 45.5 Å². The van der Waals surface area contributed by atoms with E-state index in [0.717, 1.165) is 0 Å². The standard InChI is InChI=1S/C6HF5S.5FH/c7-1-2(8)4(10)6(12)5(11)3(1)9;;;;;/h12H;5*1H. The molecule has 0 saturated carbocycles. The minimum Gasteiger partial charge on any atom is -0.269 e. The summed E-state index contributed by atoms with van der Waals surface area (Å²) in [5.41, 5.74) is 0. The monoisotopic (exact) mass is 300 g/mol. The van der Waals surface area contributed by atoms with Gasteiger partial charge in [-0.25, -0.2) is 22.0 Å². The van der Waals surface area contributed by atoms with Crippen molar-refractivity contribution >= 4 is 12.6 Å². The largest absolute Gasteiger partial charge is 0.269 e. The van der Waals surface area contributed by atoms with Crippen LogP contribution in [0.2, 0.25) is 0 Å². The van der Waals surface area contributed by atoms with Crippen LogP contribution in [0.25, 0.3) is 0 Å². The highest BCUT2D eigenvalue weighted by atomic mass is 32.1. The summed E-state index contributed by atoms with van der Waals surface area (Å²) in [6, 6.07) is 0. The van der Waals surface area contributed by atoms with E-state index in [2.05, 4.69) is 12.6 Å². The molecule has 0 bridgehead atoms. The van der Waals surface area contributed by atoms with E-state index in [1.54, 1.807) is 0 Å². The first-order chi connectivity index (χ1) is 5.46. The Kier molecular flexibility index (Phi) is 17.6. The van der Waals surface area contributed by atoms with Gasteiger partial charge in [0.05, 0.1) is 4.90 Å². The summed E-state index contributed by atoms with van der Waals surface area (Å²) in [5.74, 6) is -10.00. The van der Waals surface area contributed by atoms with Gasteiger partial charge < -0.3 is 0 Å². The van der Waals surface area contributed by atoms with Crippen LogP contribution in [0.4, 0.5) is 45.5 Å². The lowest BCUT2D eigenvalue weighted by Crippen LogP contribution is -2.01. The molecule has 0 aliphatic rings. The molecule has 0 unspecified atom stereocenters. The molecule has 0 amide bonds. The molecule has 0 aliphatic carbocycles. The van der Waals surface area contributed by atoms with Crippen LogP contribution < -0.4 is 0 Å². The maximum absolute atomic E-state index is 12.3. The zero-order chi connectivity index (χ0) is 9.46. The van der Waals surface area contributed by atoms with Crippen molar-refractivity contribution in [1.29, 1.82) is 0 Å². The van der Waals surface area contributed by atoms with Gasteiger partial charge in [0.1, 0.15) is 0 Å². The van der Waals surface area contributed by atoms with Crippen LogP contribution in [0.1, 0.15) is 0 Å². The molecule has 11 heteroatoms. The molecule has 0 nitrogen and oxygen atoms in total. The van der Waals surface area contributed by atoms with E-state index >= 15 is 0 Å². The van der Waals surface area contributed by atoms with Gasteiger partial charge in [0.25, 0.3) is 0 Å². The van der Waals surface area contributed by atoms with Gasteiger partial charge in [0.2, 0.25) is 5.82 Å². The van der Waals surface area contributed by atoms with Crippen molar-refractivity contribution in [3.05, 3.63) is 29.1 Å². The Bertz CT molecular complexity index is 235. The molecule has 1 aromatic rings. The topological polar surface area (TPSA) is 0 Å². The Labute approximate surface area is 93.1 Å². The summed E-state index contributed by atoms with van der Waals surface area (Å²) >= 11 is 3.10. The van der Waals surface area contributed by atoms with E-state index in [1.807, 2.05) is 0 Å². The fourth-order valence-electron chi connectivity index (χ4n) is 0.593. The number of halogens is 10. The van der Waals surface area contributed by atoms with Crippen molar-refractivity contribution in [2.45, 2.75) is 4.90 Å². The molecule has 0 aromatic heterocycles. The third kappa shape index (κ3) is 4.71. The molecule has 0 radical (unpaired) electrons. The summed E-state index contributed by atoms with van der Waals surface area (Å²) in [6.07, 6.45) is 0. The smallest absolute Gasteiger partial charge is 0.200 e. The molecule has 0 spiro atoms. The van der Waals surface area contributed by atoms with Gasteiger partial charge >= 0.3 is 0 Å². The lowest BCUT2D eigenvalue weighted by molar-refractivity contribution is 0.361. The number of benzene rings is 1. The average molecular weight is 300 g/mol.